The summed E-state index contributed by atoms with van der Waals surface area (Å²) in [5.41, 5.74) is 6.38. The lowest BCUT2D eigenvalue weighted by Crippen LogP contribution is -2.42. The maximum absolute atomic E-state index is 12.1. The topological polar surface area (TPSA) is 41.1 Å². The molecule has 0 radical (unpaired) electrons. The largest absolute Gasteiger partial charge is 0.356 e. The van der Waals surface area contributed by atoms with E-state index in [0.717, 1.165) is 40.5 Å². The first-order valence-corrected chi connectivity index (χ1v) is 12.9. The number of allylic oxidation sites excluding steroid dienone is 1. The Hall–Kier alpha value is -3.33. The van der Waals surface area contributed by atoms with Crippen LogP contribution in [-0.4, -0.2) is 5.78 Å². The average molecular weight is 465 g/mol. The van der Waals surface area contributed by atoms with Crippen LogP contribution in [-0.2, 0) is 5.41 Å². The summed E-state index contributed by atoms with van der Waals surface area (Å²) in [5.74, 6) is 2.46. The molecular weight excluding hydrogens is 428 g/mol. The van der Waals surface area contributed by atoms with E-state index in [9.17, 15) is 4.79 Å². The minimum absolute atomic E-state index is 0.0877. The Morgan fingerprint density at radius 1 is 0.800 bits per heavy atom. The molecule has 2 atom stereocenters. The maximum Gasteiger partial charge on any atom is 0.187 e. The van der Waals surface area contributed by atoms with Crippen LogP contribution in [0.4, 0.5) is 22.7 Å². The van der Waals surface area contributed by atoms with Crippen molar-refractivity contribution in [3.05, 3.63) is 96.6 Å². The summed E-state index contributed by atoms with van der Waals surface area (Å²) in [6.07, 6.45) is 8.19. The van der Waals surface area contributed by atoms with Crippen molar-refractivity contribution in [3.63, 3.8) is 0 Å². The number of para-hydroxylation sites is 1. The molecule has 2 saturated carbocycles. The molecule has 2 bridgehead atoms. The van der Waals surface area contributed by atoms with E-state index in [-0.39, 0.29) is 5.78 Å². The van der Waals surface area contributed by atoms with Gasteiger partial charge in [0, 0.05) is 28.3 Å². The van der Waals surface area contributed by atoms with Gasteiger partial charge >= 0.3 is 0 Å². The monoisotopic (exact) mass is 464 g/mol. The minimum Gasteiger partial charge on any atom is -0.356 e. The van der Waals surface area contributed by atoms with E-state index >= 15 is 0 Å². The SMILES string of the molecule is C=CC(=O)c1ccccc1Nc1ccc(Nc2ccc(C34CC(C)CC(CC(C)C3)C4)cc2)cc1. The number of nitrogens with one attached hydrogen (secondary N) is 2. The zero-order valence-electron chi connectivity index (χ0n) is 20.9. The van der Waals surface area contributed by atoms with Crippen molar-refractivity contribution in [2.24, 2.45) is 17.8 Å². The minimum atomic E-state index is -0.0877. The number of ketones is 1. The Kier molecular flexibility index (Phi) is 6.51. The van der Waals surface area contributed by atoms with Crippen LogP contribution in [0.15, 0.2) is 85.5 Å². The fraction of sp³-hybridized carbons (Fsp3) is 0.344. The Morgan fingerprint density at radius 2 is 1.34 bits per heavy atom. The quantitative estimate of drug-likeness (QED) is 0.271. The highest BCUT2D eigenvalue weighted by Crippen LogP contribution is 2.54. The number of fused-ring (bicyclic) bond motifs is 2. The summed E-state index contributed by atoms with van der Waals surface area (Å²) < 4.78 is 0. The molecule has 0 saturated heterocycles. The van der Waals surface area contributed by atoms with E-state index in [2.05, 4.69) is 67.5 Å². The third-order valence-electron chi connectivity index (χ3n) is 7.96. The molecule has 3 nitrogen and oxygen atoms in total. The lowest BCUT2D eigenvalue weighted by Gasteiger charge is -2.50. The van der Waals surface area contributed by atoms with Gasteiger partial charge in [-0.05, 0) is 115 Å². The average Bonchev–Trinajstić information content (AvgIpc) is 2.84. The van der Waals surface area contributed by atoms with Crippen molar-refractivity contribution in [1.82, 2.24) is 0 Å². The number of hydrogen-bond acceptors (Lipinski definition) is 3. The molecule has 2 aliphatic rings. The van der Waals surface area contributed by atoms with Gasteiger partial charge < -0.3 is 10.6 Å². The van der Waals surface area contributed by atoms with Crippen LogP contribution in [0.5, 0.6) is 0 Å². The summed E-state index contributed by atoms with van der Waals surface area (Å²) in [4.78, 5) is 12.1. The first-order chi connectivity index (χ1) is 16.9. The molecule has 2 fully saturated rings. The Morgan fingerprint density at radius 3 is 1.94 bits per heavy atom. The summed E-state index contributed by atoms with van der Waals surface area (Å²) in [6, 6.07) is 24.9. The predicted octanol–water partition coefficient (Wildman–Crippen LogP) is 8.65. The van der Waals surface area contributed by atoms with Gasteiger partial charge in [0.05, 0.1) is 0 Å². The number of carbonyl (C=O) groups excluding carboxylic acids is 1. The van der Waals surface area contributed by atoms with Gasteiger partial charge in [-0.3, -0.25) is 4.79 Å². The van der Waals surface area contributed by atoms with Gasteiger partial charge in [-0.1, -0.05) is 44.7 Å². The van der Waals surface area contributed by atoms with Crippen molar-refractivity contribution < 1.29 is 4.79 Å². The third-order valence-corrected chi connectivity index (χ3v) is 7.96. The second kappa shape index (κ2) is 9.73. The van der Waals surface area contributed by atoms with Gasteiger partial charge in [0.1, 0.15) is 0 Å². The highest BCUT2D eigenvalue weighted by molar-refractivity contribution is 6.08. The molecule has 0 amide bonds. The molecule has 2 N–H and O–H groups in total. The van der Waals surface area contributed by atoms with Crippen LogP contribution >= 0.6 is 0 Å². The smallest absolute Gasteiger partial charge is 0.187 e. The van der Waals surface area contributed by atoms with E-state index in [1.807, 2.05) is 36.4 Å². The first kappa shape index (κ1) is 23.4. The Bertz CT molecular complexity index is 1180. The highest BCUT2D eigenvalue weighted by Gasteiger charge is 2.45. The zero-order valence-corrected chi connectivity index (χ0v) is 20.9. The molecule has 3 aromatic carbocycles. The van der Waals surface area contributed by atoms with Crippen LogP contribution in [0.25, 0.3) is 0 Å². The van der Waals surface area contributed by atoms with E-state index in [1.54, 1.807) is 0 Å². The second-order valence-corrected chi connectivity index (χ2v) is 11.0. The Balaban J connectivity index is 1.27. The van der Waals surface area contributed by atoms with Crippen LogP contribution in [0.1, 0.15) is 61.9 Å². The standard InChI is InChI=1S/C32H36N2O/c1-4-31(35)29-7-5-6-8-30(29)34-28-15-13-27(14-16-28)33-26-11-9-25(10-12-26)32-19-22(2)17-24(21-32)18-23(3)20-32/h4-16,22-24,33-34H,1,17-21H2,2-3H3. The number of hydrogen-bond donors (Lipinski definition) is 2. The van der Waals surface area contributed by atoms with Gasteiger partial charge in [0.15, 0.2) is 5.78 Å². The number of anilines is 4. The fourth-order valence-electron chi connectivity index (χ4n) is 6.84. The normalized spacial score (nSPS) is 25.5. The van der Waals surface area contributed by atoms with Gasteiger partial charge in [-0.2, -0.15) is 0 Å². The van der Waals surface area contributed by atoms with Crippen molar-refractivity contribution in [3.8, 4) is 0 Å². The van der Waals surface area contributed by atoms with E-state index in [0.29, 0.717) is 11.0 Å². The van der Waals surface area contributed by atoms with Gasteiger partial charge in [0.25, 0.3) is 0 Å². The second-order valence-electron chi connectivity index (χ2n) is 11.0. The van der Waals surface area contributed by atoms with Crippen molar-refractivity contribution in [2.45, 2.75) is 51.4 Å². The van der Waals surface area contributed by atoms with E-state index in [1.165, 1.54) is 43.7 Å². The molecule has 0 heterocycles. The molecular formula is C32H36N2O. The van der Waals surface area contributed by atoms with E-state index in [4.69, 9.17) is 0 Å². The van der Waals surface area contributed by atoms with Gasteiger partial charge in [-0.25, -0.2) is 0 Å². The molecule has 0 aromatic heterocycles. The highest BCUT2D eigenvalue weighted by atomic mass is 16.1. The fourth-order valence-corrected chi connectivity index (χ4v) is 6.84. The van der Waals surface area contributed by atoms with Crippen LogP contribution in [0, 0.1) is 17.8 Å². The van der Waals surface area contributed by atoms with E-state index < -0.39 is 0 Å². The van der Waals surface area contributed by atoms with Gasteiger partial charge in [0.2, 0.25) is 0 Å². The third kappa shape index (κ3) is 5.05. The van der Waals surface area contributed by atoms with Crippen molar-refractivity contribution >= 4 is 28.5 Å². The number of carbonyl (C=O) groups is 1. The number of benzene rings is 3. The molecule has 35 heavy (non-hydrogen) atoms. The van der Waals surface area contributed by atoms with Crippen LogP contribution < -0.4 is 10.6 Å². The summed E-state index contributed by atoms with van der Waals surface area (Å²) in [6.45, 7) is 8.50. The lowest BCUT2D eigenvalue weighted by atomic mass is 9.54. The zero-order chi connectivity index (χ0) is 24.4. The molecule has 0 spiro atoms. The molecule has 2 aliphatic carbocycles. The predicted molar refractivity (Wildman–Crippen MR) is 147 cm³/mol. The van der Waals surface area contributed by atoms with Crippen LogP contribution in [0.2, 0.25) is 0 Å². The molecule has 2 unspecified atom stereocenters. The molecule has 3 aromatic rings. The van der Waals surface area contributed by atoms with Crippen molar-refractivity contribution in [2.75, 3.05) is 10.6 Å². The molecule has 180 valence electrons. The first-order valence-electron chi connectivity index (χ1n) is 12.9. The lowest BCUT2D eigenvalue weighted by molar-refractivity contribution is 0.0780. The summed E-state index contributed by atoms with van der Waals surface area (Å²) in [7, 11) is 0. The van der Waals surface area contributed by atoms with Crippen LogP contribution in [0.3, 0.4) is 0 Å². The molecule has 5 rings (SSSR count). The maximum atomic E-state index is 12.1. The number of rotatable bonds is 7. The van der Waals surface area contributed by atoms with Gasteiger partial charge in [-0.15, -0.1) is 0 Å². The summed E-state index contributed by atoms with van der Waals surface area (Å²) >= 11 is 0. The molecule has 0 aliphatic heterocycles. The Labute approximate surface area is 209 Å². The molecule has 3 heteroatoms. The van der Waals surface area contributed by atoms with Crippen molar-refractivity contribution in [1.29, 1.82) is 0 Å². The summed E-state index contributed by atoms with van der Waals surface area (Å²) in [5, 5.41) is 6.89.